The number of hydrogen-bond donors (Lipinski definition) is 2. The molecule has 3 N–H and O–H groups in total. The van der Waals surface area contributed by atoms with E-state index in [0.717, 1.165) is 17.1 Å². The topological polar surface area (TPSA) is 72.5 Å². The van der Waals surface area contributed by atoms with Gasteiger partial charge in [-0.3, -0.25) is 0 Å². The van der Waals surface area contributed by atoms with Gasteiger partial charge in [-0.05, 0) is 18.6 Å². The number of aliphatic imine (C=N–C) groups is 1. The number of para-hydroxylation sites is 2. The molecule has 10 heteroatoms. The fourth-order valence-corrected chi connectivity index (χ4v) is 2.45. The zero-order valence-electron chi connectivity index (χ0n) is 12.6. The van der Waals surface area contributed by atoms with Gasteiger partial charge in [0.25, 0.3) is 0 Å². The third-order valence-corrected chi connectivity index (χ3v) is 3.73. The number of nitrogens with zero attached hydrogens (tertiary/aromatic N) is 2. The Kier molecular flexibility index (Phi) is 7.73. The average molecular weight is 472 g/mol. The van der Waals surface area contributed by atoms with Gasteiger partial charge in [-0.2, -0.15) is 0 Å². The molecule has 1 aromatic carbocycles. The van der Waals surface area contributed by atoms with Gasteiger partial charge in [-0.25, -0.2) is 9.98 Å². The molecular weight excluding hydrogens is 456 g/mol. The number of nitrogens with two attached hydrogens (primary N) is 1. The molecule has 0 spiro atoms. The zero-order chi connectivity index (χ0) is 16.9. The lowest BCUT2D eigenvalue weighted by atomic mass is 10.3. The first-order valence-corrected chi connectivity index (χ1v) is 7.60. The summed E-state index contributed by atoms with van der Waals surface area (Å²) in [4.78, 5) is 8.39. The maximum Gasteiger partial charge on any atom is 0.573 e. The molecule has 0 unspecified atom stereocenters. The Morgan fingerprint density at radius 2 is 2.08 bits per heavy atom. The van der Waals surface area contributed by atoms with Gasteiger partial charge in [0.15, 0.2) is 11.7 Å². The van der Waals surface area contributed by atoms with Gasteiger partial charge < -0.3 is 15.8 Å². The summed E-state index contributed by atoms with van der Waals surface area (Å²) in [5.41, 5.74) is 6.55. The number of thiazole rings is 1. The summed E-state index contributed by atoms with van der Waals surface area (Å²) >= 11 is 1.53. The molecule has 0 aliphatic heterocycles. The van der Waals surface area contributed by atoms with Crippen molar-refractivity contribution in [3.8, 4) is 5.75 Å². The summed E-state index contributed by atoms with van der Waals surface area (Å²) in [6, 6.07) is 5.60. The van der Waals surface area contributed by atoms with Crippen molar-refractivity contribution in [1.82, 2.24) is 4.98 Å². The largest absolute Gasteiger partial charge is 0.573 e. The first-order chi connectivity index (χ1) is 10.9. The number of hydrogen-bond acceptors (Lipinski definition) is 4. The monoisotopic (exact) mass is 472 g/mol. The van der Waals surface area contributed by atoms with Crippen LogP contribution in [0.1, 0.15) is 17.6 Å². The maximum atomic E-state index is 12.3. The zero-order valence-corrected chi connectivity index (χ0v) is 15.8. The Balaban J connectivity index is 0.00000288. The minimum atomic E-state index is -4.78. The minimum absolute atomic E-state index is 0. The average Bonchev–Trinajstić information content (AvgIpc) is 2.94. The number of aryl methyl sites for hydroxylation is 1. The molecule has 0 bridgehead atoms. The van der Waals surface area contributed by atoms with E-state index in [1.165, 1.54) is 29.5 Å². The van der Waals surface area contributed by atoms with E-state index in [9.17, 15) is 13.2 Å². The standard InChI is InChI=1S/C14H15F3N4OS.HI/c1-2-12-20-9(8-23-12)7-19-13(18)21-10-5-3-4-6-11(10)22-14(15,16)17;/h3-6,8H,2,7H2,1H3,(H3,18,19,21);1H. The number of nitrogens with one attached hydrogen (secondary N) is 1. The molecule has 5 nitrogen and oxygen atoms in total. The van der Waals surface area contributed by atoms with Crippen LogP contribution in [-0.4, -0.2) is 17.3 Å². The number of alkyl halides is 3. The van der Waals surface area contributed by atoms with E-state index >= 15 is 0 Å². The van der Waals surface area contributed by atoms with E-state index in [0.29, 0.717) is 0 Å². The highest BCUT2D eigenvalue weighted by Crippen LogP contribution is 2.29. The molecule has 0 fully saturated rings. The molecule has 0 amide bonds. The van der Waals surface area contributed by atoms with Crippen LogP contribution in [0.3, 0.4) is 0 Å². The summed E-state index contributed by atoms with van der Waals surface area (Å²) < 4.78 is 41.0. The molecule has 0 saturated carbocycles. The number of aromatic nitrogens is 1. The number of guanidine groups is 1. The normalized spacial score (nSPS) is 11.8. The summed E-state index contributed by atoms with van der Waals surface area (Å²) in [6.07, 6.45) is -3.94. The maximum absolute atomic E-state index is 12.3. The molecule has 2 aromatic rings. The quantitative estimate of drug-likeness (QED) is 0.390. The van der Waals surface area contributed by atoms with E-state index in [2.05, 4.69) is 20.0 Å². The molecular formula is C14H16F3IN4OS. The van der Waals surface area contributed by atoms with Crippen molar-refractivity contribution < 1.29 is 17.9 Å². The highest BCUT2D eigenvalue weighted by atomic mass is 127. The molecule has 132 valence electrons. The SMILES string of the molecule is CCc1nc(CN=C(N)Nc2ccccc2OC(F)(F)F)cs1.I. The third kappa shape index (κ3) is 6.51. The van der Waals surface area contributed by atoms with Crippen molar-refractivity contribution in [1.29, 1.82) is 0 Å². The number of anilines is 1. The van der Waals surface area contributed by atoms with Crippen LogP contribution in [0.15, 0.2) is 34.6 Å². The number of rotatable bonds is 5. The van der Waals surface area contributed by atoms with Crippen molar-refractivity contribution in [2.75, 3.05) is 5.32 Å². The van der Waals surface area contributed by atoms with Gasteiger partial charge >= 0.3 is 6.36 Å². The molecule has 0 aliphatic rings. The number of benzene rings is 1. The van der Waals surface area contributed by atoms with Gasteiger partial charge in [0.2, 0.25) is 0 Å². The smallest absolute Gasteiger partial charge is 0.404 e. The minimum Gasteiger partial charge on any atom is -0.404 e. The molecule has 1 heterocycles. The third-order valence-electron chi connectivity index (χ3n) is 2.69. The van der Waals surface area contributed by atoms with Crippen molar-refractivity contribution in [2.24, 2.45) is 10.7 Å². The fraction of sp³-hybridized carbons (Fsp3) is 0.286. The first-order valence-electron chi connectivity index (χ1n) is 6.72. The lowest BCUT2D eigenvalue weighted by Gasteiger charge is -2.14. The van der Waals surface area contributed by atoms with Crippen LogP contribution >= 0.6 is 35.3 Å². The molecule has 0 aliphatic carbocycles. The summed E-state index contributed by atoms with van der Waals surface area (Å²) in [6.45, 7) is 2.25. The molecule has 2 rings (SSSR count). The van der Waals surface area contributed by atoms with Crippen molar-refractivity contribution in [3.05, 3.63) is 40.3 Å². The predicted octanol–water partition coefficient (Wildman–Crippen LogP) is 4.15. The Morgan fingerprint density at radius 1 is 1.38 bits per heavy atom. The van der Waals surface area contributed by atoms with Crippen LogP contribution in [0.25, 0.3) is 0 Å². The predicted molar refractivity (Wildman–Crippen MR) is 99.0 cm³/mol. The van der Waals surface area contributed by atoms with Gasteiger partial charge in [-0.1, -0.05) is 19.1 Å². The first kappa shape index (κ1) is 20.5. The van der Waals surface area contributed by atoms with E-state index in [1.54, 1.807) is 6.07 Å². The lowest BCUT2D eigenvalue weighted by molar-refractivity contribution is -0.274. The van der Waals surface area contributed by atoms with Crippen molar-refractivity contribution >= 4 is 47.0 Å². The fourth-order valence-electron chi connectivity index (χ4n) is 1.71. The van der Waals surface area contributed by atoms with Crippen molar-refractivity contribution in [3.63, 3.8) is 0 Å². The summed E-state index contributed by atoms with van der Waals surface area (Å²) in [5.74, 6) is -0.394. The summed E-state index contributed by atoms with van der Waals surface area (Å²) in [5, 5.41) is 5.47. The van der Waals surface area contributed by atoms with Crippen LogP contribution in [0.5, 0.6) is 5.75 Å². The van der Waals surface area contributed by atoms with E-state index in [-0.39, 0.29) is 47.9 Å². The highest BCUT2D eigenvalue weighted by molar-refractivity contribution is 14.0. The van der Waals surface area contributed by atoms with E-state index in [4.69, 9.17) is 5.73 Å². The van der Waals surface area contributed by atoms with Gasteiger partial charge in [0, 0.05) is 5.38 Å². The van der Waals surface area contributed by atoms with Crippen LogP contribution in [0, 0.1) is 0 Å². The van der Waals surface area contributed by atoms with Crippen LogP contribution in [0.4, 0.5) is 18.9 Å². The Labute approximate surface area is 158 Å². The second kappa shape index (κ2) is 9.06. The molecule has 24 heavy (non-hydrogen) atoms. The second-order valence-corrected chi connectivity index (χ2v) is 5.40. The van der Waals surface area contributed by atoms with E-state index in [1.807, 2.05) is 12.3 Å². The van der Waals surface area contributed by atoms with Gasteiger partial charge in [0.05, 0.1) is 22.9 Å². The number of ether oxygens (including phenoxy) is 1. The number of halogens is 4. The second-order valence-electron chi connectivity index (χ2n) is 4.46. The highest BCUT2D eigenvalue weighted by Gasteiger charge is 2.32. The Hall–Kier alpha value is -1.56. The van der Waals surface area contributed by atoms with Crippen LogP contribution < -0.4 is 15.8 Å². The molecule has 0 saturated heterocycles. The summed E-state index contributed by atoms with van der Waals surface area (Å²) in [7, 11) is 0. The molecule has 0 radical (unpaired) electrons. The Bertz CT molecular complexity index is 691. The van der Waals surface area contributed by atoms with E-state index < -0.39 is 6.36 Å². The van der Waals surface area contributed by atoms with Crippen molar-refractivity contribution in [2.45, 2.75) is 26.3 Å². The van der Waals surface area contributed by atoms with Gasteiger partial charge in [0.1, 0.15) is 0 Å². The van der Waals surface area contributed by atoms with Gasteiger partial charge in [-0.15, -0.1) is 48.5 Å². The van der Waals surface area contributed by atoms with Crippen LogP contribution in [-0.2, 0) is 13.0 Å². The molecule has 1 aromatic heterocycles. The lowest BCUT2D eigenvalue weighted by Crippen LogP contribution is -2.24. The van der Waals surface area contributed by atoms with Crippen LogP contribution in [0.2, 0.25) is 0 Å². The molecule has 0 atom stereocenters. The Morgan fingerprint density at radius 3 is 2.71 bits per heavy atom.